The molecule has 5 heteroatoms. The zero-order valence-electron chi connectivity index (χ0n) is 12.9. The van der Waals surface area contributed by atoms with Crippen LogP contribution in [0.3, 0.4) is 0 Å². The molecule has 0 aliphatic carbocycles. The van der Waals surface area contributed by atoms with Gasteiger partial charge >= 0.3 is 0 Å². The second-order valence-electron chi connectivity index (χ2n) is 5.51. The molecule has 1 unspecified atom stereocenters. The molecule has 1 aliphatic rings. The minimum Gasteiger partial charge on any atom is -0.350 e. The van der Waals surface area contributed by atoms with Crippen molar-refractivity contribution in [3.8, 4) is 0 Å². The average molecular weight is 308 g/mol. The standard InChI is InChI=1S/C18H16N2O3/c1-11(19-12(2)21)13-6-5-7-14(10-13)20-17(22)15-8-3-4-9-16(15)18(20)23/h3-11H,1-2H3,(H,19,21). The summed E-state index contributed by atoms with van der Waals surface area (Å²) in [7, 11) is 0. The Morgan fingerprint density at radius 2 is 1.61 bits per heavy atom. The number of imide groups is 1. The Morgan fingerprint density at radius 1 is 1.00 bits per heavy atom. The molecule has 116 valence electrons. The number of fused-ring (bicyclic) bond motifs is 1. The third kappa shape index (κ3) is 2.61. The quantitative estimate of drug-likeness (QED) is 0.887. The van der Waals surface area contributed by atoms with E-state index in [9.17, 15) is 14.4 Å². The van der Waals surface area contributed by atoms with Crippen molar-refractivity contribution in [2.24, 2.45) is 0 Å². The van der Waals surface area contributed by atoms with Crippen LogP contribution >= 0.6 is 0 Å². The van der Waals surface area contributed by atoms with Gasteiger partial charge in [0.25, 0.3) is 11.8 Å². The van der Waals surface area contributed by atoms with Crippen molar-refractivity contribution < 1.29 is 14.4 Å². The number of amides is 3. The summed E-state index contributed by atoms with van der Waals surface area (Å²) in [4.78, 5) is 37.4. The first-order valence-electron chi connectivity index (χ1n) is 7.34. The van der Waals surface area contributed by atoms with Crippen LogP contribution in [-0.4, -0.2) is 17.7 Å². The predicted molar refractivity (Wildman–Crippen MR) is 86.3 cm³/mol. The fraction of sp³-hybridized carbons (Fsp3) is 0.167. The summed E-state index contributed by atoms with van der Waals surface area (Å²) in [6.45, 7) is 3.30. The van der Waals surface area contributed by atoms with E-state index < -0.39 is 0 Å². The predicted octanol–water partition coefficient (Wildman–Crippen LogP) is 2.68. The van der Waals surface area contributed by atoms with Crippen molar-refractivity contribution in [2.75, 3.05) is 4.90 Å². The van der Waals surface area contributed by atoms with Crippen molar-refractivity contribution in [2.45, 2.75) is 19.9 Å². The first kappa shape index (κ1) is 15.0. The number of nitrogens with one attached hydrogen (secondary N) is 1. The molecule has 0 radical (unpaired) electrons. The van der Waals surface area contributed by atoms with Crippen molar-refractivity contribution in [1.29, 1.82) is 0 Å². The minimum absolute atomic E-state index is 0.136. The number of benzene rings is 2. The van der Waals surface area contributed by atoms with Gasteiger partial charge in [-0.05, 0) is 36.8 Å². The largest absolute Gasteiger partial charge is 0.350 e. The summed E-state index contributed by atoms with van der Waals surface area (Å²) in [6, 6.07) is 13.7. The molecule has 0 saturated heterocycles. The van der Waals surface area contributed by atoms with Crippen LogP contribution in [0.15, 0.2) is 48.5 Å². The van der Waals surface area contributed by atoms with E-state index in [4.69, 9.17) is 0 Å². The highest BCUT2D eigenvalue weighted by molar-refractivity contribution is 6.34. The lowest BCUT2D eigenvalue weighted by molar-refractivity contribution is -0.119. The topological polar surface area (TPSA) is 66.5 Å². The molecule has 1 N–H and O–H groups in total. The van der Waals surface area contributed by atoms with E-state index in [1.807, 2.05) is 13.0 Å². The van der Waals surface area contributed by atoms with E-state index in [0.29, 0.717) is 16.8 Å². The fourth-order valence-corrected chi connectivity index (χ4v) is 2.75. The Bertz CT molecular complexity index is 778. The highest BCUT2D eigenvalue weighted by atomic mass is 16.2. The Labute approximate surface area is 133 Å². The molecule has 3 amide bonds. The first-order chi connectivity index (χ1) is 11.0. The molecule has 0 saturated carbocycles. The van der Waals surface area contributed by atoms with Gasteiger partial charge in [0.2, 0.25) is 5.91 Å². The lowest BCUT2D eigenvalue weighted by Crippen LogP contribution is -2.30. The average Bonchev–Trinajstić information content (AvgIpc) is 2.79. The van der Waals surface area contributed by atoms with Crippen molar-refractivity contribution in [3.63, 3.8) is 0 Å². The summed E-state index contributed by atoms with van der Waals surface area (Å²) >= 11 is 0. The Morgan fingerprint density at radius 3 is 2.17 bits per heavy atom. The third-order valence-electron chi connectivity index (χ3n) is 3.84. The maximum absolute atomic E-state index is 12.5. The van der Waals surface area contributed by atoms with E-state index in [1.54, 1.807) is 42.5 Å². The van der Waals surface area contributed by atoms with Gasteiger partial charge < -0.3 is 5.32 Å². The maximum Gasteiger partial charge on any atom is 0.266 e. The molecule has 0 bridgehead atoms. The molecule has 5 nitrogen and oxygen atoms in total. The second kappa shape index (κ2) is 5.68. The summed E-state index contributed by atoms with van der Waals surface area (Å²) in [5.74, 6) is -0.784. The molecule has 0 fully saturated rings. The number of carbonyl (C=O) groups excluding carboxylic acids is 3. The molecular weight excluding hydrogens is 292 g/mol. The van der Waals surface area contributed by atoms with Crippen LogP contribution in [0.4, 0.5) is 5.69 Å². The third-order valence-corrected chi connectivity index (χ3v) is 3.84. The zero-order valence-corrected chi connectivity index (χ0v) is 12.9. The lowest BCUT2D eigenvalue weighted by atomic mass is 10.1. The summed E-state index contributed by atoms with van der Waals surface area (Å²) in [5.41, 5.74) is 2.16. The molecule has 0 spiro atoms. The van der Waals surface area contributed by atoms with Gasteiger partial charge in [-0.15, -0.1) is 0 Å². The fourth-order valence-electron chi connectivity index (χ4n) is 2.75. The SMILES string of the molecule is CC(=O)NC(C)c1cccc(N2C(=O)c3ccccc3C2=O)c1. The van der Waals surface area contributed by atoms with E-state index in [0.717, 1.165) is 5.56 Å². The molecule has 0 aromatic heterocycles. The highest BCUT2D eigenvalue weighted by Crippen LogP contribution is 2.29. The Balaban J connectivity index is 1.96. The zero-order chi connectivity index (χ0) is 16.6. The van der Waals surface area contributed by atoms with Crippen molar-refractivity contribution in [3.05, 3.63) is 65.2 Å². The van der Waals surface area contributed by atoms with Crippen LogP contribution in [-0.2, 0) is 4.79 Å². The second-order valence-corrected chi connectivity index (χ2v) is 5.51. The molecule has 1 heterocycles. The number of anilines is 1. The Hall–Kier alpha value is -2.95. The molecule has 3 rings (SSSR count). The number of nitrogens with zero attached hydrogens (tertiary/aromatic N) is 1. The number of hydrogen-bond acceptors (Lipinski definition) is 3. The highest BCUT2D eigenvalue weighted by Gasteiger charge is 2.36. The number of rotatable bonds is 3. The van der Waals surface area contributed by atoms with Crippen LogP contribution in [0.25, 0.3) is 0 Å². The van der Waals surface area contributed by atoms with Gasteiger partial charge in [0.1, 0.15) is 0 Å². The summed E-state index contributed by atoms with van der Waals surface area (Å²) in [5, 5.41) is 2.79. The van der Waals surface area contributed by atoms with Crippen LogP contribution in [0.5, 0.6) is 0 Å². The summed E-state index contributed by atoms with van der Waals surface area (Å²) in [6.07, 6.45) is 0. The van der Waals surface area contributed by atoms with E-state index in [1.165, 1.54) is 11.8 Å². The Kier molecular flexibility index (Phi) is 3.70. The maximum atomic E-state index is 12.5. The molecule has 2 aromatic rings. The van der Waals surface area contributed by atoms with Gasteiger partial charge in [0, 0.05) is 6.92 Å². The van der Waals surface area contributed by atoms with Crippen LogP contribution < -0.4 is 10.2 Å². The van der Waals surface area contributed by atoms with Crippen molar-refractivity contribution in [1.82, 2.24) is 5.32 Å². The molecule has 1 aliphatic heterocycles. The first-order valence-corrected chi connectivity index (χ1v) is 7.34. The summed E-state index contributed by atoms with van der Waals surface area (Å²) < 4.78 is 0. The van der Waals surface area contributed by atoms with Gasteiger partial charge in [-0.1, -0.05) is 24.3 Å². The van der Waals surface area contributed by atoms with Crippen molar-refractivity contribution >= 4 is 23.4 Å². The molecular formula is C18H16N2O3. The van der Waals surface area contributed by atoms with E-state index >= 15 is 0 Å². The van der Waals surface area contributed by atoms with Gasteiger partial charge in [-0.3, -0.25) is 14.4 Å². The van der Waals surface area contributed by atoms with Gasteiger partial charge in [-0.2, -0.15) is 0 Å². The number of hydrogen-bond donors (Lipinski definition) is 1. The van der Waals surface area contributed by atoms with Crippen LogP contribution in [0, 0.1) is 0 Å². The monoisotopic (exact) mass is 308 g/mol. The van der Waals surface area contributed by atoms with E-state index in [-0.39, 0.29) is 23.8 Å². The smallest absolute Gasteiger partial charge is 0.266 e. The van der Waals surface area contributed by atoms with E-state index in [2.05, 4.69) is 5.32 Å². The molecule has 2 aromatic carbocycles. The van der Waals surface area contributed by atoms with Gasteiger partial charge in [0.15, 0.2) is 0 Å². The van der Waals surface area contributed by atoms with Gasteiger partial charge in [0.05, 0.1) is 22.9 Å². The normalized spacial score (nSPS) is 14.6. The minimum atomic E-state index is -0.324. The van der Waals surface area contributed by atoms with Crippen LogP contribution in [0.1, 0.15) is 46.2 Å². The van der Waals surface area contributed by atoms with Crippen LogP contribution in [0.2, 0.25) is 0 Å². The molecule has 1 atom stereocenters. The van der Waals surface area contributed by atoms with Gasteiger partial charge in [-0.25, -0.2) is 4.90 Å². The lowest BCUT2D eigenvalue weighted by Gasteiger charge is -2.18. The molecule has 23 heavy (non-hydrogen) atoms. The number of carbonyl (C=O) groups is 3.